The first-order valence-corrected chi connectivity index (χ1v) is 7.92. The Morgan fingerprint density at radius 3 is 2.83 bits per heavy atom. The highest BCUT2D eigenvalue weighted by Crippen LogP contribution is 2.30. The predicted molar refractivity (Wildman–Crippen MR) is 89.8 cm³/mol. The van der Waals surface area contributed by atoms with Crippen LogP contribution in [0, 0.1) is 0 Å². The fourth-order valence-corrected chi connectivity index (χ4v) is 2.74. The molecule has 2 aromatic heterocycles. The lowest BCUT2D eigenvalue weighted by atomic mass is 10.1. The number of ether oxygens (including phenoxy) is 2. The van der Waals surface area contributed by atoms with Gasteiger partial charge in [-0.25, -0.2) is 0 Å². The lowest BCUT2D eigenvalue weighted by Gasteiger charge is -2.19. The molecule has 0 amide bonds. The van der Waals surface area contributed by atoms with Crippen molar-refractivity contribution in [2.45, 2.75) is 13.1 Å². The standard InChI is InChI=1S/C18H18N4O2/c1-2-14(10-19-5-1)18-15(12-21-22-18)11-20-9-13-3-4-16-17(8-13)24-7-6-23-16/h1-5,8,10,12,20H,6-7,9,11H2,(H,21,22). The van der Waals surface area contributed by atoms with E-state index in [1.54, 1.807) is 6.20 Å². The van der Waals surface area contributed by atoms with Gasteiger partial charge < -0.3 is 14.8 Å². The van der Waals surface area contributed by atoms with E-state index in [1.807, 2.05) is 36.7 Å². The van der Waals surface area contributed by atoms with Gasteiger partial charge in [0.25, 0.3) is 0 Å². The van der Waals surface area contributed by atoms with Gasteiger partial charge in [-0.05, 0) is 29.8 Å². The molecule has 24 heavy (non-hydrogen) atoms. The maximum atomic E-state index is 5.62. The number of aromatic amines is 1. The lowest BCUT2D eigenvalue weighted by molar-refractivity contribution is 0.171. The summed E-state index contributed by atoms with van der Waals surface area (Å²) < 4.78 is 11.2. The van der Waals surface area contributed by atoms with E-state index < -0.39 is 0 Å². The van der Waals surface area contributed by atoms with Crippen LogP contribution >= 0.6 is 0 Å². The Morgan fingerprint density at radius 2 is 1.96 bits per heavy atom. The summed E-state index contributed by atoms with van der Waals surface area (Å²) in [6.45, 7) is 2.68. The Balaban J connectivity index is 1.41. The van der Waals surface area contributed by atoms with E-state index in [4.69, 9.17) is 9.47 Å². The van der Waals surface area contributed by atoms with Crippen LogP contribution in [0.2, 0.25) is 0 Å². The van der Waals surface area contributed by atoms with Crippen molar-refractivity contribution in [2.75, 3.05) is 13.2 Å². The van der Waals surface area contributed by atoms with E-state index in [9.17, 15) is 0 Å². The van der Waals surface area contributed by atoms with Crippen LogP contribution in [0.25, 0.3) is 11.3 Å². The van der Waals surface area contributed by atoms with E-state index in [0.29, 0.717) is 13.2 Å². The zero-order chi connectivity index (χ0) is 16.2. The third-order valence-corrected chi connectivity index (χ3v) is 3.92. The van der Waals surface area contributed by atoms with Gasteiger partial charge in [0.1, 0.15) is 13.2 Å². The summed E-state index contributed by atoms with van der Waals surface area (Å²) in [6.07, 6.45) is 5.44. The molecule has 0 radical (unpaired) electrons. The average molecular weight is 322 g/mol. The van der Waals surface area contributed by atoms with Crippen molar-refractivity contribution < 1.29 is 9.47 Å². The van der Waals surface area contributed by atoms with Crippen LogP contribution in [-0.2, 0) is 13.1 Å². The molecule has 0 bridgehead atoms. The third-order valence-electron chi connectivity index (χ3n) is 3.92. The predicted octanol–water partition coefficient (Wildman–Crippen LogP) is 2.53. The fraction of sp³-hybridized carbons (Fsp3) is 0.222. The summed E-state index contributed by atoms with van der Waals surface area (Å²) >= 11 is 0. The molecule has 0 atom stereocenters. The van der Waals surface area contributed by atoms with Crippen molar-refractivity contribution in [1.29, 1.82) is 0 Å². The fourth-order valence-electron chi connectivity index (χ4n) is 2.74. The molecule has 0 fully saturated rings. The van der Waals surface area contributed by atoms with Gasteiger partial charge in [-0.15, -0.1) is 0 Å². The largest absolute Gasteiger partial charge is 0.486 e. The summed E-state index contributed by atoms with van der Waals surface area (Å²) in [5, 5.41) is 10.6. The molecule has 6 heteroatoms. The molecule has 3 heterocycles. The van der Waals surface area contributed by atoms with Crippen LogP contribution in [0.4, 0.5) is 0 Å². The van der Waals surface area contributed by atoms with Crippen LogP contribution < -0.4 is 14.8 Å². The van der Waals surface area contributed by atoms with Gasteiger partial charge in [0, 0.05) is 36.6 Å². The maximum Gasteiger partial charge on any atom is 0.161 e. The molecule has 3 aromatic rings. The number of rotatable bonds is 5. The average Bonchev–Trinajstić information content (AvgIpc) is 3.11. The summed E-state index contributed by atoms with van der Waals surface area (Å²) in [5.74, 6) is 1.64. The Kier molecular flexibility index (Phi) is 4.12. The molecular weight excluding hydrogens is 304 g/mol. The topological polar surface area (TPSA) is 72.1 Å². The second-order valence-electron chi connectivity index (χ2n) is 5.59. The Morgan fingerprint density at radius 1 is 1.04 bits per heavy atom. The zero-order valence-electron chi connectivity index (χ0n) is 13.2. The quantitative estimate of drug-likeness (QED) is 0.755. The van der Waals surface area contributed by atoms with E-state index in [2.05, 4.69) is 26.6 Å². The van der Waals surface area contributed by atoms with E-state index >= 15 is 0 Å². The molecule has 0 spiro atoms. The summed E-state index contributed by atoms with van der Waals surface area (Å²) in [4.78, 5) is 4.16. The number of H-pyrrole nitrogens is 1. The molecule has 6 nitrogen and oxygen atoms in total. The number of aromatic nitrogens is 3. The minimum Gasteiger partial charge on any atom is -0.486 e. The number of hydrogen-bond donors (Lipinski definition) is 2. The van der Waals surface area contributed by atoms with Gasteiger partial charge in [-0.1, -0.05) is 6.07 Å². The molecule has 0 unspecified atom stereocenters. The molecule has 1 aliphatic heterocycles. The van der Waals surface area contributed by atoms with Crippen LogP contribution in [-0.4, -0.2) is 28.4 Å². The Labute approximate surface area is 139 Å². The molecule has 0 saturated heterocycles. The van der Waals surface area contributed by atoms with Crippen molar-refractivity contribution in [3.63, 3.8) is 0 Å². The number of pyridine rings is 1. The highest BCUT2D eigenvalue weighted by Gasteiger charge is 2.12. The van der Waals surface area contributed by atoms with Crippen molar-refractivity contribution in [1.82, 2.24) is 20.5 Å². The highest BCUT2D eigenvalue weighted by atomic mass is 16.6. The summed E-state index contributed by atoms with van der Waals surface area (Å²) in [7, 11) is 0. The van der Waals surface area contributed by atoms with Gasteiger partial charge in [0.15, 0.2) is 11.5 Å². The minimum absolute atomic E-state index is 0.605. The molecule has 2 N–H and O–H groups in total. The second-order valence-corrected chi connectivity index (χ2v) is 5.59. The van der Waals surface area contributed by atoms with Crippen LogP contribution in [0.15, 0.2) is 48.9 Å². The normalized spacial score (nSPS) is 13.0. The van der Waals surface area contributed by atoms with Crippen molar-refractivity contribution in [3.8, 4) is 22.8 Å². The molecule has 122 valence electrons. The first kappa shape index (κ1) is 14.7. The van der Waals surface area contributed by atoms with Crippen LogP contribution in [0.3, 0.4) is 0 Å². The molecule has 4 rings (SSSR count). The molecular formula is C18H18N4O2. The van der Waals surface area contributed by atoms with Crippen molar-refractivity contribution in [2.24, 2.45) is 0 Å². The highest BCUT2D eigenvalue weighted by molar-refractivity contribution is 5.61. The monoisotopic (exact) mass is 322 g/mol. The molecule has 1 aliphatic rings. The van der Waals surface area contributed by atoms with Crippen LogP contribution in [0.5, 0.6) is 11.5 Å². The lowest BCUT2D eigenvalue weighted by Crippen LogP contribution is -2.16. The third kappa shape index (κ3) is 3.09. The summed E-state index contributed by atoms with van der Waals surface area (Å²) in [6, 6.07) is 9.98. The minimum atomic E-state index is 0.605. The molecule has 0 aliphatic carbocycles. The van der Waals surface area contributed by atoms with E-state index in [0.717, 1.165) is 47.0 Å². The first-order valence-electron chi connectivity index (χ1n) is 7.92. The van der Waals surface area contributed by atoms with Gasteiger partial charge in [-0.3, -0.25) is 10.1 Å². The smallest absolute Gasteiger partial charge is 0.161 e. The van der Waals surface area contributed by atoms with Crippen molar-refractivity contribution >= 4 is 0 Å². The first-order chi connectivity index (χ1) is 11.9. The number of nitrogens with one attached hydrogen (secondary N) is 2. The molecule has 0 saturated carbocycles. The zero-order valence-corrected chi connectivity index (χ0v) is 13.2. The van der Waals surface area contributed by atoms with Gasteiger partial charge >= 0.3 is 0 Å². The maximum absolute atomic E-state index is 5.62. The van der Waals surface area contributed by atoms with Gasteiger partial charge in [0.2, 0.25) is 0 Å². The number of hydrogen-bond acceptors (Lipinski definition) is 5. The SMILES string of the molecule is c1cncc(-c2[nH]ncc2CNCc2ccc3c(c2)OCCO3)c1. The van der Waals surface area contributed by atoms with Gasteiger partial charge in [-0.2, -0.15) is 5.10 Å². The van der Waals surface area contributed by atoms with E-state index in [-0.39, 0.29) is 0 Å². The number of nitrogens with zero attached hydrogens (tertiary/aromatic N) is 2. The van der Waals surface area contributed by atoms with E-state index in [1.165, 1.54) is 0 Å². The van der Waals surface area contributed by atoms with Crippen LogP contribution in [0.1, 0.15) is 11.1 Å². The second kappa shape index (κ2) is 6.72. The number of benzene rings is 1. The Bertz CT molecular complexity index is 817. The Hall–Kier alpha value is -2.86. The van der Waals surface area contributed by atoms with Crippen molar-refractivity contribution in [3.05, 3.63) is 60.0 Å². The van der Waals surface area contributed by atoms with Gasteiger partial charge in [0.05, 0.1) is 11.9 Å². The number of fused-ring (bicyclic) bond motifs is 1. The molecule has 1 aromatic carbocycles. The summed E-state index contributed by atoms with van der Waals surface area (Å²) in [5.41, 5.74) is 4.30.